The van der Waals surface area contributed by atoms with Crippen molar-refractivity contribution in [3.63, 3.8) is 0 Å². The maximum atomic E-state index is 14.6. The summed E-state index contributed by atoms with van der Waals surface area (Å²) in [5.74, 6) is -0.0831. The van der Waals surface area contributed by atoms with Gasteiger partial charge < -0.3 is 9.47 Å². The molecule has 194 valence electrons. The zero-order chi connectivity index (χ0) is 25.8. The van der Waals surface area contributed by atoms with Crippen molar-refractivity contribution in [2.45, 2.75) is 34.7 Å². The van der Waals surface area contributed by atoms with Gasteiger partial charge in [0.15, 0.2) is 11.6 Å². The van der Waals surface area contributed by atoms with Crippen LogP contribution in [0.5, 0.6) is 0 Å². The van der Waals surface area contributed by atoms with Crippen LogP contribution in [0.1, 0.15) is 34.6 Å². The number of rotatable bonds is 9. The fourth-order valence-corrected chi connectivity index (χ4v) is 6.23. The summed E-state index contributed by atoms with van der Waals surface area (Å²) in [5.41, 5.74) is -1.01. The number of carbonyl (C=O) groups is 2. The van der Waals surface area contributed by atoms with Crippen LogP contribution >= 0.6 is 23.5 Å². The predicted octanol–water partition coefficient (Wildman–Crippen LogP) is 4.38. The highest BCUT2D eigenvalue weighted by Crippen LogP contribution is 2.41. The monoisotopic (exact) mass is 528 g/mol. The van der Waals surface area contributed by atoms with E-state index in [1.165, 1.54) is 0 Å². The number of nitrogens with zero attached hydrogens (tertiary/aromatic N) is 2. The number of ether oxygens (including phenoxy) is 2. The Morgan fingerprint density at radius 2 is 0.944 bits per heavy atom. The molecule has 8 heteroatoms. The second kappa shape index (κ2) is 11.8. The Balaban J connectivity index is 1.87. The molecule has 2 heterocycles. The van der Waals surface area contributed by atoms with Crippen molar-refractivity contribution < 1.29 is 19.1 Å². The predicted molar refractivity (Wildman–Crippen MR) is 147 cm³/mol. The van der Waals surface area contributed by atoms with Gasteiger partial charge in [0.1, 0.15) is 11.1 Å². The number of Topliss-reactive ketones (excluding diaryl/α,β-unsaturated/α-hetero) is 2. The summed E-state index contributed by atoms with van der Waals surface area (Å²) in [6.45, 7) is 8.41. The molecule has 0 amide bonds. The van der Waals surface area contributed by atoms with Crippen molar-refractivity contribution >= 4 is 35.1 Å². The molecule has 2 fully saturated rings. The Labute approximate surface area is 223 Å². The average Bonchev–Trinajstić information content (AvgIpc) is 2.96. The minimum atomic E-state index is -1.12. The van der Waals surface area contributed by atoms with E-state index in [-0.39, 0.29) is 11.6 Å². The van der Waals surface area contributed by atoms with Gasteiger partial charge in [-0.3, -0.25) is 19.4 Å². The molecule has 2 atom stereocenters. The first-order valence-corrected chi connectivity index (χ1v) is 14.8. The molecule has 0 spiro atoms. The van der Waals surface area contributed by atoms with Crippen LogP contribution in [0.3, 0.4) is 0 Å². The van der Waals surface area contributed by atoms with Crippen molar-refractivity contribution in [2.24, 2.45) is 0 Å². The van der Waals surface area contributed by atoms with E-state index in [1.54, 1.807) is 23.5 Å². The number of morpholine rings is 2. The highest BCUT2D eigenvalue weighted by Gasteiger charge is 2.61. The third-order valence-electron chi connectivity index (χ3n) is 7.82. The third kappa shape index (κ3) is 5.04. The van der Waals surface area contributed by atoms with Crippen molar-refractivity contribution in [3.8, 4) is 0 Å². The van der Waals surface area contributed by atoms with Gasteiger partial charge in [0.05, 0.1) is 26.4 Å². The lowest BCUT2D eigenvalue weighted by Crippen LogP contribution is -2.76. The minimum Gasteiger partial charge on any atom is -0.379 e. The Bertz CT molecular complexity index is 965. The van der Waals surface area contributed by atoms with E-state index in [0.29, 0.717) is 63.7 Å². The first kappa shape index (κ1) is 27.4. The molecule has 0 aromatic heterocycles. The third-order valence-corrected chi connectivity index (χ3v) is 9.31. The second-order valence-electron chi connectivity index (χ2n) is 9.46. The number of ketones is 2. The number of carbonyl (C=O) groups excluding carboxylic acids is 2. The van der Waals surface area contributed by atoms with Crippen LogP contribution in [-0.4, -0.2) is 97.6 Å². The van der Waals surface area contributed by atoms with Gasteiger partial charge in [-0.25, -0.2) is 0 Å². The van der Waals surface area contributed by atoms with Gasteiger partial charge in [-0.2, -0.15) is 0 Å². The molecule has 6 nitrogen and oxygen atoms in total. The lowest BCUT2D eigenvalue weighted by Gasteiger charge is -2.56. The quantitative estimate of drug-likeness (QED) is 0.351. The lowest BCUT2D eigenvalue weighted by atomic mass is 9.67. The van der Waals surface area contributed by atoms with Crippen LogP contribution in [-0.2, 0) is 9.47 Å². The van der Waals surface area contributed by atoms with Crippen LogP contribution in [0, 0.1) is 0 Å². The molecular formula is C28H36N2O4S2. The Kier molecular flexibility index (Phi) is 8.96. The van der Waals surface area contributed by atoms with Crippen LogP contribution in [0.15, 0.2) is 58.3 Å². The average molecular weight is 529 g/mol. The van der Waals surface area contributed by atoms with E-state index in [4.69, 9.17) is 9.47 Å². The summed E-state index contributed by atoms with van der Waals surface area (Å²) in [5, 5.41) is 0. The van der Waals surface area contributed by atoms with E-state index in [0.717, 1.165) is 9.79 Å². The standard InChI is InChI=1S/C28H36N2O4S2/c1-27(29-13-17-33-18-14-29,25(31)21-5-9-23(35-3)10-6-21)28(2,30-15-19-34-20-16-30)26(32)22-7-11-24(36-4)12-8-22/h5-12H,13-20H2,1-4H3. The molecular weight excluding hydrogens is 492 g/mol. The molecule has 2 aromatic carbocycles. The van der Waals surface area contributed by atoms with Gasteiger partial charge in [0.25, 0.3) is 0 Å². The minimum absolute atomic E-state index is 0.0415. The summed E-state index contributed by atoms with van der Waals surface area (Å²) in [6.07, 6.45) is 4.04. The Morgan fingerprint density at radius 3 is 1.22 bits per heavy atom. The molecule has 0 bridgehead atoms. The van der Waals surface area contributed by atoms with E-state index in [2.05, 4.69) is 9.80 Å². The van der Waals surface area contributed by atoms with Crippen molar-refractivity contribution in [1.29, 1.82) is 0 Å². The summed E-state index contributed by atoms with van der Waals surface area (Å²) in [6, 6.07) is 15.5. The van der Waals surface area contributed by atoms with Gasteiger partial charge in [0, 0.05) is 47.1 Å². The number of benzene rings is 2. The summed E-state index contributed by atoms with van der Waals surface area (Å²) < 4.78 is 11.3. The molecule has 0 radical (unpaired) electrons. The molecule has 2 aliphatic rings. The first-order chi connectivity index (χ1) is 17.4. The first-order valence-electron chi connectivity index (χ1n) is 12.4. The Morgan fingerprint density at radius 1 is 0.639 bits per heavy atom. The zero-order valence-electron chi connectivity index (χ0n) is 21.6. The normalized spacial score (nSPS) is 20.9. The van der Waals surface area contributed by atoms with Crippen molar-refractivity contribution in [3.05, 3.63) is 59.7 Å². The summed E-state index contributed by atoms with van der Waals surface area (Å²) in [4.78, 5) is 35.7. The highest BCUT2D eigenvalue weighted by atomic mass is 32.2. The molecule has 4 rings (SSSR count). The zero-order valence-corrected chi connectivity index (χ0v) is 23.3. The van der Waals surface area contributed by atoms with Crippen LogP contribution < -0.4 is 0 Å². The van der Waals surface area contributed by atoms with Crippen LogP contribution in [0.25, 0.3) is 0 Å². The molecule has 2 aliphatic heterocycles. The number of hydrogen-bond donors (Lipinski definition) is 0. The fraction of sp³-hybridized carbons (Fsp3) is 0.500. The molecule has 0 N–H and O–H groups in total. The maximum absolute atomic E-state index is 14.6. The molecule has 0 saturated carbocycles. The second-order valence-corrected chi connectivity index (χ2v) is 11.2. The van der Waals surface area contributed by atoms with Gasteiger partial charge in [-0.1, -0.05) is 24.3 Å². The van der Waals surface area contributed by atoms with Gasteiger partial charge >= 0.3 is 0 Å². The van der Waals surface area contributed by atoms with E-state index < -0.39 is 11.1 Å². The molecule has 2 saturated heterocycles. The summed E-state index contributed by atoms with van der Waals surface area (Å²) >= 11 is 3.28. The molecule has 36 heavy (non-hydrogen) atoms. The smallest absolute Gasteiger partial charge is 0.185 e. The molecule has 0 aliphatic carbocycles. The van der Waals surface area contributed by atoms with Crippen LogP contribution in [0.2, 0.25) is 0 Å². The SMILES string of the molecule is CSc1ccc(C(=O)C(C)(N2CCOCC2)C(C)(C(=O)c2ccc(SC)cc2)N2CCOCC2)cc1. The molecule has 2 aromatic rings. The summed E-state index contributed by atoms with van der Waals surface area (Å²) in [7, 11) is 0. The topological polar surface area (TPSA) is 59.1 Å². The van der Waals surface area contributed by atoms with Gasteiger partial charge in [-0.15, -0.1) is 23.5 Å². The number of thioether (sulfide) groups is 2. The largest absolute Gasteiger partial charge is 0.379 e. The molecule has 2 unspecified atom stereocenters. The highest BCUT2D eigenvalue weighted by molar-refractivity contribution is 7.98. The van der Waals surface area contributed by atoms with E-state index >= 15 is 0 Å². The van der Waals surface area contributed by atoms with E-state index in [9.17, 15) is 9.59 Å². The number of hydrogen-bond acceptors (Lipinski definition) is 8. The maximum Gasteiger partial charge on any atom is 0.185 e. The Hall–Kier alpha value is -1.68. The van der Waals surface area contributed by atoms with E-state index in [1.807, 2.05) is 74.9 Å². The van der Waals surface area contributed by atoms with Gasteiger partial charge in [-0.05, 0) is 50.6 Å². The van der Waals surface area contributed by atoms with Crippen LogP contribution in [0.4, 0.5) is 0 Å². The fourth-order valence-electron chi connectivity index (χ4n) is 5.41. The van der Waals surface area contributed by atoms with Gasteiger partial charge in [0.2, 0.25) is 0 Å². The van der Waals surface area contributed by atoms with Crippen molar-refractivity contribution in [2.75, 3.05) is 65.1 Å². The lowest BCUT2D eigenvalue weighted by molar-refractivity contribution is -0.0839. The van der Waals surface area contributed by atoms with Crippen molar-refractivity contribution in [1.82, 2.24) is 9.80 Å².